The van der Waals surface area contributed by atoms with E-state index in [0.717, 1.165) is 67.8 Å². The van der Waals surface area contributed by atoms with Crippen LogP contribution in [0.3, 0.4) is 0 Å². The molecule has 226 valence electrons. The fraction of sp³-hybridized carbons (Fsp3) is 0.467. The number of piperidine rings is 1. The molecule has 0 bridgehead atoms. The average molecular weight is 625 g/mol. The number of hydrogen-bond acceptors (Lipinski definition) is 5. The van der Waals surface area contributed by atoms with Crippen LogP contribution < -0.4 is 9.80 Å². The number of nitrogens with zero attached hydrogens (tertiary/aromatic N) is 5. The molecule has 0 spiro atoms. The molecule has 12 heteroatoms. The lowest BCUT2D eigenvalue weighted by molar-refractivity contribution is 0.0681. The smallest absolute Gasteiger partial charge is 0.339 e. The number of benzene rings is 2. The standard InChI is InChI=1S/C30H33ClF3N5O2.ClH/c31-21-5-8-24(19-3-6-22(7-4-19)37-12-10-36(11-13-37)17-20-14-26(20)32)27(15-21)38-9-1-2-23(18-38)39-28(29(33)34)25(16-35-39)30(40)41;/h3-8,15-16,20,23,26,29H,1-2,9-14,17-18H2,(H,40,41);1H. The van der Waals surface area contributed by atoms with E-state index in [9.17, 15) is 23.1 Å². The Bertz CT molecular complexity index is 1400. The number of rotatable bonds is 8. The van der Waals surface area contributed by atoms with Crippen LogP contribution in [-0.2, 0) is 0 Å². The molecule has 2 saturated heterocycles. The average Bonchev–Trinajstić information content (AvgIpc) is 3.47. The van der Waals surface area contributed by atoms with Crippen LogP contribution in [0.1, 0.15) is 47.8 Å². The lowest BCUT2D eigenvalue weighted by Crippen LogP contribution is -2.47. The summed E-state index contributed by atoms with van der Waals surface area (Å²) >= 11 is 6.42. The molecule has 0 radical (unpaired) electrons. The minimum atomic E-state index is -2.94. The molecule has 6 rings (SSSR count). The number of aromatic carboxylic acids is 1. The van der Waals surface area contributed by atoms with Gasteiger partial charge in [0, 0.05) is 73.7 Å². The molecule has 1 aliphatic carbocycles. The number of carboxylic acid groups (broad SMARTS) is 1. The first-order valence-corrected chi connectivity index (χ1v) is 14.5. The van der Waals surface area contributed by atoms with Crippen LogP contribution >= 0.6 is 24.0 Å². The van der Waals surface area contributed by atoms with Crippen molar-refractivity contribution in [2.24, 2.45) is 5.92 Å². The Hall–Kier alpha value is -2.95. The summed E-state index contributed by atoms with van der Waals surface area (Å²) in [6.45, 7) is 5.65. The van der Waals surface area contributed by atoms with Gasteiger partial charge in [0.15, 0.2) is 0 Å². The molecule has 3 aliphatic rings. The van der Waals surface area contributed by atoms with Gasteiger partial charge >= 0.3 is 5.97 Å². The number of hydrogen-bond donors (Lipinski definition) is 1. The second-order valence-corrected chi connectivity index (χ2v) is 11.7. The van der Waals surface area contributed by atoms with Crippen LogP contribution in [0.25, 0.3) is 11.1 Å². The lowest BCUT2D eigenvalue weighted by atomic mass is 9.99. The molecule has 1 N–H and O–H groups in total. The van der Waals surface area contributed by atoms with Crippen LogP contribution in [0.15, 0.2) is 48.7 Å². The van der Waals surface area contributed by atoms with Gasteiger partial charge in [-0.3, -0.25) is 9.58 Å². The normalized spacial score (nSPS) is 22.7. The molecule has 0 amide bonds. The van der Waals surface area contributed by atoms with Gasteiger partial charge < -0.3 is 14.9 Å². The molecule has 3 heterocycles. The summed E-state index contributed by atoms with van der Waals surface area (Å²) in [5.41, 5.74) is 3.04. The van der Waals surface area contributed by atoms with Crippen molar-refractivity contribution in [3.05, 3.63) is 64.9 Å². The predicted molar refractivity (Wildman–Crippen MR) is 160 cm³/mol. The minimum absolute atomic E-state index is 0. The lowest BCUT2D eigenvalue weighted by Gasteiger charge is -2.37. The van der Waals surface area contributed by atoms with Gasteiger partial charge in [0.2, 0.25) is 0 Å². The van der Waals surface area contributed by atoms with Gasteiger partial charge in [-0.1, -0.05) is 29.8 Å². The molecule has 1 aromatic heterocycles. The Kier molecular flexibility index (Phi) is 9.25. The first kappa shape index (κ1) is 30.5. The number of aromatic nitrogens is 2. The maximum Gasteiger partial charge on any atom is 0.339 e. The first-order chi connectivity index (χ1) is 19.8. The second-order valence-electron chi connectivity index (χ2n) is 11.2. The highest BCUT2D eigenvalue weighted by Crippen LogP contribution is 2.38. The largest absolute Gasteiger partial charge is 0.478 e. The molecule has 3 aromatic rings. The molecule has 42 heavy (non-hydrogen) atoms. The molecule has 3 fully saturated rings. The number of carboxylic acids is 1. The van der Waals surface area contributed by atoms with Crippen molar-refractivity contribution < 1.29 is 23.1 Å². The summed E-state index contributed by atoms with van der Waals surface area (Å²) < 4.78 is 42.2. The summed E-state index contributed by atoms with van der Waals surface area (Å²) in [6.07, 6.45) is -0.481. The highest BCUT2D eigenvalue weighted by Gasteiger charge is 2.39. The summed E-state index contributed by atoms with van der Waals surface area (Å²) in [5, 5.41) is 14.0. The van der Waals surface area contributed by atoms with E-state index in [2.05, 4.69) is 44.1 Å². The summed E-state index contributed by atoms with van der Waals surface area (Å²) in [4.78, 5) is 18.3. The molecule has 7 nitrogen and oxygen atoms in total. The molecule has 2 aliphatic heterocycles. The zero-order chi connectivity index (χ0) is 28.7. The van der Waals surface area contributed by atoms with Gasteiger partial charge in [-0.15, -0.1) is 12.4 Å². The molecule has 2 aromatic carbocycles. The number of piperazine rings is 1. The maximum atomic E-state index is 13.9. The van der Waals surface area contributed by atoms with Gasteiger partial charge in [-0.05, 0) is 49.1 Å². The zero-order valence-electron chi connectivity index (χ0n) is 23.0. The van der Waals surface area contributed by atoms with Gasteiger partial charge in [-0.2, -0.15) is 5.10 Å². The molecule has 1 saturated carbocycles. The zero-order valence-corrected chi connectivity index (χ0v) is 24.6. The third-order valence-corrected chi connectivity index (χ3v) is 8.79. The van der Waals surface area contributed by atoms with E-state index in [4.69, 9.17) is 11.6 Å². The van der Waals surface area contributed by atoms with Gasteiger partial charge in [-0.25, -0.2) is 18.0 Å². The Morgan fingerprint density at radius 1 is 1.05 bits per heavy atom. The minimum Gasteiger partial charge on any atom is -0.478 e. The van der Waals surface area contributed by atoms with E-state index in [-0.39, 0.29) is 18.3 Å². The van der Waals surface area contributed by atoms with Crippen molar-refractivity contribution in [2.75, 3.05) is 55.6 Å². The Labute approximate surface area is 254 Å². The monoisotopic (exact) mass is 623 g/mol. The van der Waals surface area contributed by atoms with E-state index in [1.807, 2.05) is 18.2 Å². The van der Waals surface area contributed by atoms with E-state index >= 15 is 0 Å². The first-order valence-electron chi connectivity index (χ1n) is 14.1. The van der Waals surface area contributed by atoms with Crippen molar-refractivity contribution in [1.29, 1.82) is 0 Å². The van der Waals surface area contributed by atoms with Crippen LogP contribution in [0.5, 0.6) is 0 Å². The van der Waals surface area contributed by atoms with Gasteiger partial charge in [0.25, 0.3) is 6.43 Å². The van der Waals surface area contributed by atoms with Crippen LogP contribution in [0, 0.1) is 5.92 Å². The van der Waals surface area contributed by atoms with E-state index in [1.165, 1.54) is 4.68 Å². The third kappa shape index (κ3) is 6.35. The quantitative estimate of drug-likeness (QED) is 0.306. The van der Waals surface area contributed by atoms with E-state index in [1.54, 1.807) is 0 Å². The molecule has 3 atom stereocenters. The summed E-state index contributed by atoms with van der Waals surface area (Å²) in [6, 6.07) is 13.7. The van der Waals surface area contributed by atoms with Crippen molar-refractivity contribution in [3.8, 4) is 11.1 Å². The van der Waals surface area contributed by atoms with Gasteiger partial charge in [0.05, 0.1) is 12.2 Å². The van der Waals surface area contributed by atoms with Crippen molar-refractivity contribution >= 4 is 41.4 Å². The fourth-order valence-electron chi connectivity index (χ4n) is 6.20. The number of alkyl halides is 3. The second kappa shape index (κ2) is 12.7. The summed E-state index contributed by atoms with van der Waals surface area (Å²) in [5.74, 6) is -1.19. The summed E-state index contributed by atoms with van der Waals surface area (Å²) in [7, 11) is 0. The highest BCUT2D eigenvalue weighted by molar-refractivity contribution is 6.31. The SMILES string of the molecule is Cl.O=C(O)c1cnn(C2CCCN(c3cc(Cl)ccc3-c3ccc(N4CCN(CC5CC5F)CC4)cc3)C2)c1C(F)F. The number of carbonyl (C=O) groups is 1. The van der Waals surface area contributed by atoms with E-state index < -0.39 is 35.9 Å². The Morgan fingerprint density at radius 2 is 1.76 bits per heavy atom. The topological polar surface area (TPSA) is 64.8 Å². The fourth-order valence-corrected chi connectivity index (χ4v) is 6.37. The van der Waals surface area contributed by atoms with Crippen molar-refractivity contribution in [3.63, 3.8) is 0 Å². The predicted octanol–water partition coefficient (Wildman–Crippen LogP) is 6.58. The molecule has 3 unspecified atom stereocenters. The van der Waals surface area contributed by atoms with Crippen LogP contribution in [0.4, 0.5) is 24.5 Å². The van der Waals surface area contributed by atoms with Crippen molar-refractivity contribution in [2.45, 2.75) is 37.9 Å². The number of halogens is 5. The number of anilines is 2. The Morgan fingerprint density at radius 3 is 2.40 bits per heavy atom. The molecular weight excluding hydrogens is 590 g/mol. The third-order valence-electron chi connectivity index (χ3n) is 8.56. The van der Waals surface area contributed by atoms with E-state index in [0.29, 0.717) is 31.0 Å². The molecular formula is C30H34Cl2F3N5O2. The van der Waals surface area contributed by atoms with Crippen molar-refractivity contribution in [1.82, 2.24) is 14.7 Å². The highest BCUT2D eigenvalue weighted by atomic mass is 35.5. The maximum absolute atomic E-state index is 13.9. The Balaban J connectivity index is 0.00000353. The van der Waals surface area contributed by atoms with Crippen LogP contribution in [0.2, 0.25) is 5.02 Å². The van der Waals surface area contributed by atoms with Crippen LogP contribution in [-0.4, -0.2) is 77.7 Å². The van der Waals surface area contributed by atoms with Gasteiger partial charge in [0.1, 0.15) is 17.4 Å².